The number of esters is 1. The first-order chi connectivity index (χ1) is 25.9. The average molecular weight is 740 g/mol. The second kappa shape index (κ2) is 20.6. The van der Waals surface area contributed by atoms with Crippen molar-refractivity contribution in [2.45, 2.75) is 84.5 Å². The average Bonchev–Trinajstić information content (AvgIpc) is 3.61. The van der Waals surface area contributed by atoms with Crippen molar-refractivity contribution in [3.8, 4) is 22.6 Å². The quantitative estimate of drug-likeness (QED) is 0.0217. The van der Waals surface area contributed by atoms with E-state index in [-0.39, 0.29) is 17.5 Å². The van der Waals surface area contributed by atoms with Gasteiger partial charge in [-0.1, -0.05) is 50.8 Å². The van der Waals surface area contributed by atoms with Crippen molar-refractivity contribution in [2.24, 2.45) is 16.9 Å². The molecule has 4 aromatic rings. The summed E-state index contributed by atoms with van der Waals surface area (Å²) < 4.78 is 18.7. The van der Waals surface area contributed by atoms with Crippen LogP contribution in [0, 0.1) is 11.8 Å². The number of aromatic carboxylic acids is 1. The molecule has 282 valence electrons. The maximum Gasteiger partial charge on any atom is 0.336 e. The lowest BCUT2D eigenvalue weighted by molar-refractivity contribution is -0.140. The highest BCUT2D eigenvalue weighted by molar-refractivity contribution is 7.20. The molecule has 0 unspecified atom stereocenters. The normalized spacial score (nSPS) is 16.0. The van der Waals surface area contributed by atoms with Gasteiger partial charge in [-0.2, -0.15) is 5.10 Å². The van der Waals surface area contributed by atoms with Gasteiger partial charge in [0.05, 0.1) is 34.9 Å². The molecule has 0 spiro atoms. The zero-order valence-corrected chi connectivity index (χ0v) is 31.9. The fraction of sp³-hybridized carbons (Fsp3) is 0.442. The van der Waals surface area contributed by atoms with E-state index in [4.69, 9.17) is 24.3 Å². The Labute approximate surface area is 317 Å². The molecule has 3 aromatic carbocycles. The molecule has 1 aliphatic carbocycles. The van der Waals surface area contributed by atoms with Crippen molar-refractivity contribution in [3.05, 3.63) is 89.5 Å². The van der Waals surface area contributed by atoms with E-state index in [0.717, 1.165) is 61.6 Å². The van der Waals surface area contributed by atoms with Gasteiger partial charge in [-0.25, -0.2) is 9.78 Å². The van der Waals surface area contributed by atoms with E-state index >= 15 is 0 Å². The highest BCUT2D eigenvalue weighted by Crippen LogP contribution is 2.37. The number of carboxylic acids is 1. The molecule has 0 aliphatic heterocycles. The number of thiazole rings is 1. The standard InChI is InChI=1S/C43H53N3O6S/c1-4-7-14-30-17-19-31(20-18-30)43(49)52-33-22-23-34(37(29-33)40(46-44-6-3)41-45-38-15-10-11-16-39(38)53-41)36-28-32(21-24-35(36)42(47)48)51-27-13-9-8-12-26-50-25-5-2/h5,10-11,15-16,21-24,28-31,44H,2,4,6-9,12-14,17-20,25-27H2,1,3H3,(H,47,48). The molecule has 0 bridgehead atoms. The first-order valence-electron chi connectivity index (χ1n) is 19.1. The van der Waals surface area contributed by atoms with E-state index in [1.807, 2.05) is 37.3 Å². The van der Waals surface area contributed by atoms with Crippen molar-refractivity contribution in [2.75, 3.05) is 26.4 Å². The number of benzene rings is 3. The maximum absolute atomic E-state index is 13.5. The number of carbonyl (C=O) groups excluding carboxylic acids is 1. The van der Waals surface area contributed by atoms with Gasteiger partial charge in [-0.15, -0.1) is 17.9 Å². The third kappa shape index (κ3) is 11.2. The van der Waals surface area contributed by atoms with Gasteiger partial charge >= 0.3 is 11.9 Å². The van der Waals surface area contributed by atoms with E-state index in [1.165, 1.54) is 30.6 Å². The summed E-state index contributed by atoms with van der Waals surface area (Å²) in [5.74, 6) is 0.194. The van der Waals surface area contributed by atoms with Crippen LogP contribution < -0.4 is 14.9 Å². The zero-order chi connectivity index (χ0) is 37.4. The van der Waals surface area contributed by atoms with Crippen LogP contribution in [0.1, 0.15) is 105 Å². The zero-order valence-electron chi connectivity index (χ0n) is 31.1. The van der Waals surface area contributed by atoms with Gasteiger partial charge in [0.15, 0.2) is 0 Å². The number of hydrogen-bond acceptors (Lipinski definition) is 9. The van der Waals surface area contributed by atoms with Crippen molar-refractivity contribution >= 4 is 39.2 Å². The molecule has 0 radical (unpaired) electrons. The van der Waals surface area contributed by atoms with E-state index in [0.29, 0.717) is 71.2 Å². The SMILES string of the molecule is C=CCOCCCCCCOc1ccc(C(=O)O)c(-c2ccc(OC(=O)C3CCC(CCCC)CC3)cc2C(=NNCC)c2nc3ccccc3s2)c1. The molecule has 5 rings (SSSR count). The maximum atomic E-state index is 13.5. The fourth-order valence-corrected chi connectivity index (χ4v) is 7.76. The van der Waals surface area contributed by atoms with Gasteiger partial charge < -0.3 is 24.7 Å². The molecule has 1 fully saturated rings. The molecule has 9 nitrogen and oxygen atoms in total. The van der Waals surface area contributed by atoms with Crippen LogP contribution in [0.15, 0.2) is 78.4 Å². The van der Waals surface area contributed by atoms with Crippen molar-refractivity contribution < 1.29 is 28.9 Å². The number of carbonyl (C=O) groups is 2. The van der Waals surface area contributed by atoms with Crippen molar-refractivity contribution in [1.29, 1.82) is 0 Å². The second-order valence-electron chi connectivity index (χ2n) is 13.6. The Morgan fingerprint density at radius 3 is 2.43 bits per heavy atom. The molecular weight excluding hydrogens is 687 g/mol. The van der Waals surface area contributed by atoms with Gasteiger partial charge in [0.25, 0.3) is 0 Å². The molecule has 0 atom stereocenters. The molecule has 1 heterocycles. The molecule has 1 aromatic heterocycles. The Hall–Kier alpha value is -4.54. The van der Waals surface area contributed by atoms with E-state index in [1.54, 1.807) is 36.4 Å². The van der Waals surface area contributed by atoms with Crippen LogP contribution in [0.25, 0.3) is 21.3 Å². The smallest absolute Gasteiger partial charge is 0.336 e. The number of aromatic nitrogens is 1. The monoisotopic (exact) mass is 739 g/mol. The predicted molar refractivity (Wildman–Crippen MR) is 213 cm³/mol. The van der Waals surface area contributed by atoms with Crippen LogP contribution in [0.2, 0.25) is 0 Å². The van der Waals surface area contributed by atoms with Crippen LogP contribution in [0.3, 0.4) is 0 Å². The molecule has 53 heavy (non-hydrogen) atoms. The summed E-state index contributed by atoms with van der Waals surface area (Å²) in [4.78, 5) is 31.1. The number of nitrogens with one attached hydrogen (secondary N) is 1. The molecule has 0 amide bonds. The fourth-order valence-electron chi connectivity index (χ4n) is 6.79. The molecule has 1 saturated carbocycles. The Morgan fingerprint density at radius 1 is 0.925 bits per heavy atom. The summed E-state index contributed by atoms with van der Waals surface area (Å²) in [6.07, 6.45) is 13.0. The number of nitrogens with zero attached hydrogens (tertiary/aromatic N) is 2. The number of carboxylic acid groups (broad SMARTS) is 1. The van der Waals surface area contributed by atoms with E-state index < -0.39 is 5.97 Å². The summed E-state index contributed by atoms with van der Waals surface area (Å²) in [5.41, 5.74) is 6.26. The Kier molecular flexibility index (Phi) is 15.4. The Balaban J connectivity index is 1.46. The minimum Gasteiger partial charge on any atom is -0.494 e. The second-order valence-corrected chi connectivity index (χ2v) is 14.6. The minimum absolute atomic E-state index is 0.120. The van der Waals surface area contributed by atoms with Crippen molar-refractivity contribution in [1.82, 2.24) is 10.4 Å². The molecule has 10 heteroatoms. The van der Waals surface area contributed by atoms with Gasteiger partial charge in [0.1, 0.15) is 22.2 Å². The van der Waals surface area contributed by atoms with Gasteiger partial charge in [0, 0.05) is 24.3 Å². The number of ether oxygens (including phenoxy) is 3. The van der Waals surface area contributed by atoms with Crippen LogP contribution in [-0.2, 0) is 9.53 Å². The highest BCUT2D eigenvalue weighted by atomic mass is 32.1. The lowest BCUT2D eigenvalue weighted by Gasteiger charge is -2.27. The van der Waals surface area contributed by atoms with E-state index in [9.17, 15) is 14.7 Å². The summed E-state index contributed by atoms with van der Waals surface area (Å²) in [6, 6.07) is 18.3. The number of para-hydroxylation sites is 1. The third-order valence-corrected chi connectivity index (χ3v) is 10.7. The van der Waals surface area contributed by atoms with Gasteiger partial charge in [0.2, 0.25) is 0 Å². The first-order valence-corrected chi connectivity index (χ1v) is 19.9. The summed E-state index contributed by atoms with van der Waals surface area (Å²) in [6.45, 7) is 10.2. The third-order valence-electron chi connectivity index (χ3n) is 9.66. The molecule has 0 saturated heterocycles. The van der Waals surface area contributed by atoms with Gasteiger partial charge in [-0.3, -0.25) is 4.79 Å². The molecular formula is C43H53N3O6S. The van der Waals surface area contributed by atoms with Crippen LogP contribution >= 0.6 is 11.3 Å². The first kappa shape index (κ1) is 39.7. The van der Waals surface area contributed by atoms with Gasteiger partial charge in [-0.05, 0) is 112 Å². The minimum atomic E-state index is -1.06. The van der Waals surface area contributed by atoms with E-state index in [2.05, 4.69) is 18.9 Å². The topological polar surface area (TPSA) is 119 Å². The largest absolute Gasteiger partial charge is 0.494 e. The summed E-state index contributed by atoms with van der Waals surface area (Å²) >= 11 is 1.50. The van der Waals surface area contributed by atoms with Crippen molar-refractivity contribution in [3.63, 3.8) is 0 Å². The lowest BCUT2D eigenvalue weighted by atomic mass is 9.80. The lowest BCUT2D eigenvalue weighted by Crippen LogP contribution is -2.25. The molecule has 1 aliphatic rings. The Bertz CT molecular complexity index is 1810. The Morgan fingerprint density at radius 2 is 1.70 bits per heavy atom. The number of hydrogen-bond donors (Lipinski definition) is 2. The summed E-state index contributed by atoms with van der Waals surface area (Å²) in [7, 11) is 0. The number of rotatable bonds is 21. The van der Waals surface area contributed by atoms with Crippen LogP contribution in [0.4, 0.5) is 0 Å². The number of unbranched alkanes of at least 4 members (excludes halogenated alkanes) is 4. The predicted octanol–water partition coefficient (Wildman–Crippen LogP) is 10.1. The molecule has 2 N–H and O–H groups in total. The highest BCUT2D eigenvalue weighted by Gasteiger charge is 2.28. The van der Waals surface area contributed by atoms with Crippen LogP contribution in [-0.4, -0.2) is 54.1 Å². The van der Waals surface area contributed by atoms with Crippen LogP contribution in [0.5, 0.6) is 11.5 Å². The number of hydrazone groups is 1. The number of fused-ring (bicyclic) bond motifs is 1. The summed E-state index contributed by atoms with van der Waals surface area (Å²) in [5, 5.41) is 15.8.